The number of carboxylic acids is 1. The minimum atomic E-state index is -0.868. The molecule has 140 valence electrons. The fraction of sp³-hybridized carbons (Fsp3) is 0.364. The Hall–Kier alpha value is -2.82. The highest BCUT2D eigenvalue weighted by Gasteiger charge is 2.35. The lowest BCUT2D eigenvalue weighted by Crippen LogP contribution is -2.36. The largest absolute Gasteiger partial charge is 0.481 e. The molecule has 1 aromatic heterocycles. The summed E-state index contributed by atoms with van der Waals surface area (Å²) in [4.78, 5) is 27.6. The van der Waals surface area contributed by atoms with Crippen LogP contribution < -0.4 is 5.32 Å². The van der Waals surface area contributed by atoms with E-state index in [4.69, 9.17) is 0 Å². The molecule has 4 rings (SSSR count). The van der Waals surface area contributed by atoms with Crippen LogP contribution in [0.15, 0.2) is 36.4 Å². The molecule has 5 heteroatoms. The molecule has 0 spiro atoms. The van der Waals surface area contributed by atoms with Crippen LogP contribution in [0.2, 0.25) is 0 Å². The number of aromatic amines is 1. The summed E-state index contributed by atoms with van der Waals surface area (Å²) in [6, 6.07) is 12.1. The van der Waals surface area contributed by atoms with Crippen molar-refractivity contribution in [1.82, 2.24) is 4.98 Å². The number of aryl methyl sites for hydroxylation is 1. The number of fused-ring (bicyclic) bond motifs is 3. The van der Waals surface area contributed by atoms with Crippen molar-refractivity contribution >= 4 is 39.4 Å². The zero-order valence-electron chi connectivity index (χ0n) is 15.4. The van der Waals surface area contributed by atoms with Gasteiger partial charge in [0.1, 0.15) is 0 Å². The summed E-state index contributed by atoms with van der Waals surface area (Å²) < 4.78 is 0. The second-order valence-electron chi connectivity index (χ2n) is 7.40. The Morgan fingerprint density at radius 3 is 2.63 bits per heavy atom. The number of carbonyl (C=O) groups excluding carboxylic acids is 1. The van der Waals surface area contributed by atoms with E-state index in [1.165, 1.54) is 10.9 Å². The number of anilines is 1. The van der Waals surface area contributed by atoms with Crippen molar-refractivity contribution in [1.29, 1.82) is 0 Å². The van der Waals surface area contributed by atoms with Gasteiger partial charge in [-0.3, -0.25) is 9.59 Å². The molecule has 0 saturated heterocycles. The average Bonchev–Trinajstić information content (AvgIpc) is 3.05. The number of hydrogen-bond donors (Lipinski definition) is 3. The van der Waals surface area contributed by atoms with Crippen LogP contribution in [0.1, 0.15) is 38.2 Å². The summed E-state index contributed by atoms with van der Waals surface area (Å²) >= 11 is 0. The minimum absolute atomic E-state index is 0.188. The number of benzene rings is 2. The Kier molecular flexibility index (Phi) is 4.60. The first kappa shape index (κ1) is 17.6. The zero-order valence-corrected chi connectivity index (χ0v) is 15.4. The summed E-state index contributed by atoms with van der Waals surface area (Å²) in [5, 5.41) is 14.7. The highest BCUT2D eigenvalue weighted by molar-refractivity contribution is 6.09. The fourth-order valence-corrected chi connectivity index (χ4v) is 4.34. The number of H-pyrrole nitrogens is 1. The fourth-order valence-electron chi connectivity index (χ4n) is 4.34. The van der Waals surface area contributed by atoms with Gasteiger partial charge in [0.2, 0.25) is 5.91 Å². The third-order valence-electron chi connectivity index (χ3n) is 5.79. The molecule has 1 heterocycles. The topological polar surface area (TPSA) is 82.2 Å². The van der Waals surface area contributed by atoms with E-state index in [1.54, 1.807) is 0 Å². The third kappa shape index (κ3) is 3.18. The second-order valence-corrected chi connectivity index (χ2v) is 7.40. The molecule has 2 unspecified atom stereocenters. The Bertz CT molecular complexity index is 1020. The Labute approximate surface area is 157 Å². The molecule has 3 N–H and O–H groups in total. The number of para-hydroxylation sites is 1. The van der Waals surface area contributed by atoms with Crippen LogP contribution in [0, 0.1) is 11.8 Å². The molecular formula is C22H24N2O3. The van der Waals surface area contributed by atoms with Crippen molar-refractivity contribution in [3.8, 4) is 0 Å². The van der Waals surface area contributed by atoms with Gasteiger partial charge in [-0.05, 0) is 37.0 Å². The third-order valence-corrected chi connectivity index (χ3v) is 5.79. The quantitative estimate of drug-likeness (QED) is 0.627. The number of rotatable bonds is 4. The van der Waals surface area contributed by atoms with Crippen molar-refractivity contribution in [3.05, 3.63) is 42.0 Å². The van der Waals surface area contributed by atoms with Crippen LogP contribution in [0.4, 0.5) is 5.69 Å². The molecule has 1 fully saturated rings. The van der Waals surface area contributed by atoms with Crippen molar-refractivity contribution in [2.24, 2.45) is 11.8 Å². The number of aliphatic carboxylic acids is 1. The first-order valence-corrected chi connectivity index (χ1v) is 9.65. The molecule has 1 aliphatic carbocycles. The molecule has 27 heavy (non-hydrogen) atoms. The molecule has 5 nitrogen and oxygen atoms in total. The van der Waals surface area contributed by atoms with Gasteiger partial charge in [0.15, 0.2) is 0 Å². The lowest BCUT2D eigenvalue weighted by Gasteiger charge is -2.27. The van der Waals surface area contributed by atoms with E-state index in [2.05, 4.69) is 35.4 Å². The Balaban J connectivity index is 1.63. The maximum absolute atomic E-state index is 12.7. The lowest BCUT2D eigenvalue weighted by molar-refractivity contribution is -0.147. The maximum Gasteiger partial charge on any atom is 0.307 e. The molecule has 0 bridgehead atoms. The standard InChI is InChI=1S/C22H24N2O3/c1-2-13-6-5-9-16-15-11-10-14(12-19(15)24-20(13)16)23-21(25)17-7-3-4-8-18(17)22(26)27/h5-6,9-12,17-18,24H,2-4,7-8H2,1H3,(H,23,25)(H,26,27). The van der Waals surface area contributed by atoms with Gasteiger partial charge in [0.05, 0.1) is 11.8 Å². The highest BCUT2D eigenvalue weighted by Crippen LogP contribution is 2.33. The summed E-state index contributed by atoms with van der Waals surface area (Å²) in [5.41, 5.74) is 4.08. The molecule has 1 aliphatic rings. The van der Waals surface area contributed by atoms with Crippen molar-refractivity contribution in [2.45, 2.75) is 39.0 Å². The maximum atomic E-state index is 12.7. The van der Waals surface area contributed by atoms with Gasteiger partial charge in [0.25, 0.3) is 0 Å². The van der Waals surface area contributed by atoms with Gasteiger partial charge >= 0.3 is 5.97 Å². The van der Waals surface area contributed by atoms with E-state index in [0.717, 1.165) is 35.7 Å². The first-order valence-electron chi connectivity index (χ1n) is 9.65. The van der Waals surface area contributed by atoms with Crippen LogP contribution in [0.3, 0.4) is 0 Å². The molecule has 2 aromatic carbocycles. The molecule has 0 radical (unpaired) electrons. The smallest absolute Gasteiger partial charge is 0.307 e. The van der Waals surface area contributed by atoms with Gasteiger partial charge in [-0.15, -0.1) is 0 Å². The molecule has 1 amide bonds. The number of nitrogens with one attached hydrogen (secondary N) is 2. The first-order chi connectivity index (χ1) is 13.1. The van der Waals surface area contributed by atoms with Crippen LogP contribution in [0.25, 0.3) is 21.8 Å². The van der Waals surface area contributed by atoms with E-state index in [-0.39, 0.29) is 5.91 Å². The predicted octanol–water partition coefficient (Wildman–Crippen LogP) is 4.71. The van der Waals surface area contributed by atoms with E-state index < -0.39 is 17.8 Å². The number of carboxylic acid groups (broad SMARTS) is 1. The van der Waals surface area contributed by atoms with E-state index >= 15 is 0 Å². The molecule has 2 atom stereocenters. The number of hydrogen-bond acceptors (Lipinski definition) is 2. The highest BCUT2D eigenvalue weighted by atomic mass is 16.4. The summed E-state index contributed by atoms with van der Waals surface area (Å²) in [5.74, 6) is -2.09. The molecular weight excluding hydrogens is 340 g/mol. The number of amides is 1. The Morgan fingerprint density at radius 1 is 1.11 bits per heavy atom. The van der Waals surface area contributed by atoms with Crippen molar-refractivity contribution in [2.75, 3.05) is 5.32 Å². The van der Waals surface area contributed by atoms with Crippen molar-refractivity contribution < 1.29 is 14.7 Å². The minimum Gasteiger partial charge on any atom is -0.481 e. The summed E-state index contributed by atoms with van der Waals surface area (Å²) in [6.45, 7) is 2.13. The van der Waals surface area contributed by atoms with Gasteiger partial charge in [-0.1, -0.05) is 44.0 Å². The van der Waals surface area contributed by atoms with Crippen LogP contribution >= 0.6 is 0 Å². The van der Waals surface area contributed by atoms with Gasteiger partial charge in [0, 0.05) is 27.5 Å². The average molecular weight is 364 g/mol. The van der Waals surface area contributed by atoms with E-state index in [1.807, 2.05) is 18.2 Å². The van der Waals surface area contributed by atoms with E-state index in [9.17, 15) is 14.7 Å². The lowest BCUT2D eigenvalue weighted by atomic mass is 9.78. The summed E-state index contributed by atoms with van der Waals surface area (Å²) in [7, 11) is 0. The second kappa shape index (κ2) is 7.06. The monoisotopic (exact) mass is 364 g/mol. The van der Waals surface area contributed by atoms with Crippen LogP contribution in [-0.2, 0) is 16.0 Å². The number of carbonyl (C=O) groups is 2. The molecule has 1 saturated carbocycles. The van der Waals surface area contributed by atoms with Crippen LogP contribution in [0.5, 0.6) is 0 Å². The SMILES string of the molecule is CCc1cccc2c1[nH]c1cc(NC(=O)C3CCCCC3C(=O)O)ccc12. The predicted molar refractivity (Wildman–Crippen MR) is 107 cm³/mol. The van der Waals surface area contributed by atoms with Crippen molar-refractivity contribution in [3.63, 3.8) is 0 Å². The van der Waals surface area contributed by atoms with Gasteiger partial charge < -0.3 is 15.4 Å². The van der Waals surface area contributed by atoms with Gasteiger partial charge in [-0.2, -0.15) is 0 Å². The Morgan fingerprint density at radius 2 is 1.89 bits per heavy atom. The number of aromatic nitrogens is 1. The van der Waals surface area contributed by atoms with E-state index in [0.29, 0.717) is 18.5 Å². The summed E-state index contributed by atoms with van der Waals surface area (Å²) in [6.07, 6.45) is 3.95. The normalized spacial score (nSPS) is 20.0. The zero-order chi connectivity index (χ0) is 19.0. The van der Waals surface area contributed by atoms with Crippen LogP contribution in [-0.4, -0.2) is 22.0 Å². The molecule has 0 aliphatic heterocycles. The molecule has 3 aromatic rings. The van der Waals surface area contributed by atoms with Gasteiger partial charge in [-0.25, -0.2) is 0 Å².